The molecule has 1 atom stereocenters. The average molecular weight is 395 g/mol. The summed E-state index contributed by atoms with van der Waals surface area (Å²) in [4.78, 5) is 12.6. The average Bonchev–Trinajstić information content (AvgIpc) is 3.60. The molecule has 1 N–H and O–H groups in total. The van der Waals surface area contributed by atoms with E-state index >= 15 is 0 Å². The number of amides is 1. The van der Waals surface area contributed by atoms with E-state index in [0.717, 1.165) is 35.5 Å². The van der Waals surface area contributed by atoms with Crippen LogP contribution in [0.5, 0.6) is 23.0 Å². The summed E-state index contributed by atoms with van der Waals surface area (Å²) in [5.41, 5.74) is 1.82. The highest BCUT2D eigenvalue weighted by atomic mass is 16.6. The molecule has 152 valence electrons. The minimum Gasteiger partial charge on any atom is -0.497 e. The second-order valence-corrected chi connectivity index (χ2v) is 7.17. The zero-order valence-electron chi connectivity index (χ0n) is 16.6. The molecule has 2 aromatic rings. The van der Waals surface area contributed by atoms with Gasteiger partial charge in [-0.15, -0.1) is 0 Å². The van der Waals surface area contributed by atoms with Gasteiger partial charge in [0.15, 0.2) is 11.5 Å². The molecule has 1 aliphatic carbocycles. The van der Waals surface area contributed by atoms with Gasteiger partial charge in [0, 0.05) is 11.6 Å². The first-order valence-corrected chi connectivity index (χ1v) is 9.78. The minimum absolute atomic E-state index is 0.0461. The van der Waals surface area contributed by atoms with Gasteiger partial charge in [-0.3, -0.25) is 4.79 Å². The van der Waals surface area contributed by atoms with Gasteiger partial charge in [-0.1, -0.05) is 6.07 Å². The summed E-state index contributed by atoms with van der Waals surface area (Å²) in [6.45, 7) is 1.11. The monoisotopic (exact) mass is 395 g/mol. The number of nitrogens with one attached hydrogen (secondary N) is 1. The Morgan fingerprint density at radius 1 is 1.07 bits per heavy atom. The lowest BCUT2D eigenvalue weighted by molar-refractivity contribution is -0.117. The predicted octanol–water partition coefficient (Wildman–Crippen LogP) is 3.76. The molecule has 1 unspecified atom stereocenters. The van der Waals surface area contributed by atoms with Crippen LogP contribution in [0.4, 0.5) is 0 Å². The van der Waals surface area contributed by atoms with Crippen molar-refractivity contribution in [3.05, 3.63) is 53.6 Å². The van der Waals surface area contributed by atoms with Crippen LogP contribution in [0.25, 0.3) is 6.08 Å². The van der Waals surface area contributed by atoms with Crippen LogP contribution in [0.2, 0.25) is 0 Å². The quantitative estimate of drug-likeness (QED) is 0.723. The summed E-state index contributed by atoms with van der Waals surface area (Å²) in [6.07, 6.45) is 5.48. The molecule has 0 bridgehead atoms. The van der Waals surface area contributed by atoms with Crippen molar-refractivity contribution in [1.29, 1.82) is 0 Å². The fourth-order valence-corrected chi connectivity index (χ4v) is 3.49. The molecule has 1 aliphatic heterocycles. The maximum Gasteiger partial charge on any atom is 0.244 e. The lowest BCUT2D eigenvalue weighted by Gasteiger charge is -2.22. The molecule has 2 aromatic carbocycles. The molecule has 0 aromatic heterocycles. The number of fused-ring (bicyclic) bond motifs is 1. The fourth-order valence-electron chi connectivity index (χ4n) is 3.49. The maximum atomic E-state index is 12.6. The van der Waals surface area contributed by atoms with E-state index in [-0.39, 0.29) is 11.9 Å². The lowest BCUT2D eigenvalue weighted by Crippen LogP contribution is -2.28. The third kappa shape index (κ3) is 4.47. The Morgan fingerprint density at radius 3 is 2.59 bits per heavy atom. The molecular weight excluding hydrogens is 370 g/mol. The normalized spacial score (nSPS) is 16.3. The van der Waals surface area contributed by atoms with E-state index in [1.54, 1.807) is 20.3 Å². The van der Waals surface area contributed by atoms with E-state index in [0.29, 0.717) is 30.6 Å². The first-order chi connectivity index (χ1) is 14.2. The van der Waals surface area contributed by atoms with E-state index < -0.39 is 0 Å². The Labute approximate surface area is 170 Å². The van der Waals surface area contributed by atoms with Crippen molar-refractivity contribution in [1.82, 2.24) is 5.32 Å². The van der Waals surface area contributed by atoms with Crippen molar-refractivity contribution in [2.45, 2.75) is 18.9 Å². The highest BCUT2D eigenvalue weighted by Crippen LogP contribution is 2.43. The Hall–Kier alpha value is -3.15. The minimum atomic E-state index is -0.151. The van der Waals surface area contributed by atoms with Crippen LogP contribution < -0.4 is 24.3 Å². The fraction of sp³-hybridized carbons (Fsp3) is 0.348. The summed E-state index contributed by atoms with van der Waals surface area (Å²) >= 11 is 0. The SMILES string of the molecule is COc1ccc(OC)c(C=CC(=O)NC(c2ccc3c(c2)OCCO3)C2CC2)c1. The molecule has 29 heavy (non-hydrogen) atoms. The van der Waals surface area contributed by atoms with Crippen LogP contribution in [0.1, 0.15) is 30.0 Å². The summed E-state index contributed by atoms with van der Waals surface area (Å²) in [5, 5.41) is 3.14. The lowest BCUT2D eigenvalue weighted by atomic mass is 10.0. The molecular formula is C23H25NO5. The van der Waals surface area contributed by atoms with Crippen LogP contribution in [-0.2, 0) is 4.79 Å². The summed E-state index contributed by atoms with van der Waals surface area (Å²) in [5.74, 6) is 3.18. The highest BCUT2D eigenvalue weighted by molar-refractivity contribution is 5.92. The number of methoxy groups -OCH3 is 2. The van der Waals surface area contributed by atoms with E-state index in [1.165, 1.54) is 6.08 Å². The van der Waals surface area contributed by atoms with Crippen molar-refractivity contribution in [2.24, 2.45) is 5.92 Å². The van der Waals surface area contributed by atoms with Gasteiger partial charge in [-0.2, -0.15) is 0 Å². The molecule has 0 spiro atoms. The molecule has 1 fully saturated rings. The number of ether oxygens (including phenoxy) is 4. The van der Waals surface area contributed by atoms with E-state index in [1.807, 2.05) is 36.4 Å². The Bertz CT molecular complexity index is 919. The van der Waals surface area contributed by atoms with Gasteiger partial charge in [0.25, 0.3) is 0 Å². The number of carbonyl (C=O) groups is 1. The molecule has 2 aliphatic rings. The molecule has 1 heterocycles. The largest absolute Gasteiger partial charge is 0.497 e. The third-order valence-electron chi connectivity index (χ3n) is 5.17. The Kier molecular flexibility index (Phi) is 5.60. The molecule has 1 amide bonds. The number of carbonyl (C=O) groups excluding carboxylic acids is 1. The van der Waals surface area contributed by atoms with E-state index in [9.17, 15) is 4.79 Å². The van der Waals surface area contributed by atoms with Crippen molar-refractivity contribution >= 4 is 12.0 Å². The third-order valence-corrected chi connectivity index (χ3v) is 5.17. The molecule has 0 saturated heterocycles. The number of hydrogen-bond acceptors (Lipinski definition) is 5. The summed E-state index contributed by atoms with van der Waals surface area (Å²) in [6, 6.07) is 11.3. The summed E-state index contributed by atoms with van der Waals surface area (Å²) < 4.78 is 21.9. The molecule has 6 nitrogen and oxygen atoms in total. The van der Waals surface area contributed by atoms with E-state index in [4.69, 9.17) is 18.9 Å². The Morgan fingerprint density at radius 2 is 1.86 bits per heavy atom. The van der Waals surface area contributed by atoms with Gasteiger partial charge in [0.2, 0.25) is 5.91 Å². The van der Waals surface area contributed by atoms with Crippen LogP contribution in [-0.4, -0.2) is 33.3 Å². The molecule has 6 heteroatoms. The van der Waals surface area contributed by atoms with Gasteiger partial charge < -0.3 is 24.3 Å². The Balaban J connectivity index is 1.49. The maximum absolute atomic E-state index is 12.6. The standard InChI is InChI=1S/C23H25NO5/c1-26-18-7-9-19(27-2)16(13-18)6-10-22(25)24-23(15-3-4-15)17-5-8-20-21(14-17)29-12-11-28-20/h5-10,13-15,23H,3-4,11-12H2,1-2H3,(H,24,25). The highest BCUT2D eigenvalue weighted by Gasteiger charge is 2.33. The van der Waals surface area contributed by atoms with Crippen LogP contribution in [0.15, 0.2) is 42.5 Å². The number of rotatable bonds is 7. The summed E-state index contributed by atoms with van der Waals surface area (Å²) in [7, 11) is 3.21. The number of hydrogen-bond donors (Lipinski definition) is 1. The van der Waals surface area contributed by atoms with E-state index in [2.05, 4.69) is 5.32 Å². The number of benzene rings is 2. The van der Waals surface area contributed by atoms with Crippen molar-refractivity contribution in [2.75, 3.05) is 27.4 Å². The second-order valence-electron chi connectivity index (χ2n) is 7.17. The van der Waals surface area contributed by atoms with Gasteiger partial charge in [0.05, 0.1) is 20.3 Å². The smallest absolute Gasteiger partial charge is 0.244 e. The van der Waals surface area contributed by atoms with Crippen molar-refractivity contribution < 1.29 is 23.7 Å². The van der Waals surface area contributed by atoms with Crippen molar-refractivity contribution in [3.63, 3.8) is 0 Å². The predicted molar refractivity (Wildman–Crippen MR) is 110 cm³/mol. The van der Waals surface area contributed by atoms with Crippen molar-refractivity contribution in [3.8, 4) is 23.0 Å². The van der Waals surface area contributed by atoms with Crippen LogP contribution in [0.3, 0.4) is 0 Å². The van der Waals surface area contributed by atoms with Crippen LogP contribution >= 0.6 is 0 Å². The van der Waals surface area contributed by atoms with Gasteiger partial charge in [0.1, 0.15) is 24.7 Å². The first kappa shape index (κ1) is 19.2. The molecule has 4 rings (SSSR count). The topological polar surface area (TPSA) is 66.0 Å². The first-order valence-electron chi connectivity index (χ1n) is 9.78. The van der Waals surface area contributed by atoms with Gasteiger partial charge >= 0.3 is 0 Å². The zero-order valence-corrected chi connectivity index (χ0v) is 16.6. The second kappa shape index (κ2) is 8.47. The molecule has 1 saturated carbocycles. The van der Waals surface area contributed by atoms with Crippen LogP contribution in [0, 0.1) is 5.92 Å². The zero-order chi connectivity index (χ0) is 20.2. The van der Waals surface area contributed by atoms with Gasteiger partial charge in [-0.05, 0) is 60.7 Å². The van der Waals surface area contributed by atoms with Gasteiger partial charge in [-0.25, -0.2) is 0 Å². The molecule has 0 radical (unpaired) electrons.